The summed E-state index contributed by atoms with van der Waals surface area (Å²) in [6.45, 7) is 0.550. The fourth-order valence-corrected chi connectivity index (χ4v) is 1.40. The first-order chi connectivity index (χ1) is 10.7. The zero-order chi connectivity index (χ0) is 16.6. The predicted molar refractivity (Wildman–Crippen MR) is 76.6 cm³/mol. The molecule has 10 nitrogen and oxygen atoms in total. The number of amides is 2. The van der Waals surface area contributed by atoms with E-state index in [4.69, 9.17) is 20.3 Å². The van der Waals surface area contributed by atoms with Crippen LogP contribution >= 0.6 is 0 Å². The summed E-state index contributed by atoms with van der Waals surface area (Å²) in [7, 11) is 0. The second-order valence-electron chi connectivity index (χ2n) is 4.07. The maximum atomic E-state index is 12.0. The highest BCUT2D eigenvalue weighted by Gasteiger charge is 2.14. The van der Waals surface area contributed by atoms with E-state index in [9.17, 15) is 14.4 Å². The number of carbonyl (C=O) groups is 3. The zero-order valence-corrected chi connectivity index (χ0v) is 12.5. The van der Waals surface area contributed by atoms with Crippen molar-refractivity contribution in [2.75, 3.05) is 59.5 Å². The summed E-state index contributed by atoms with van der Waals surface area (Å²) in [5.41, 5.74) is 5.13. The van der Waals surface area contributed by atoms with Gasteiger partial charge in [-0.1, -0.05) is 0 Å². The summed E-state index contributed by atoms with van der Waals surface area (Å²) >= 11 is 0. The summed E-state index contributed by atoms with van der Waals surface area (Å²) < 4.78 is 9.99. The van der Waals surface area contributed by atoms with Crippen LogP contribution in [0.25, 0.3) is 0 Å². The van der Waals surface area contributed by atoms with E-state index in [0.717, 1.165) is 0 Å². The Kier molecular flexibility index (Phi) is 13.3. The van der Waals surface area contributed by atoms with Gasteiger partial charge in [0.2, 0.25) is 11.8 Å². The van der Waals surface area contributed by atoms with E-state index < -0.39 is 12.7 Å². The summed E-state index contributed by atoms with van der Waals surface area (Å²) in [6.07, 6.45) is 0.714. The molecule has 0 atom stereocenters. The van der Waals surface area contributed by atoms with Crippen LogP contribution in [0.15, 0.2) is 0 Å². The summed E-state index contributed by atoms with van der Waals surface area (Å²) in [5, 5.41) is 13.7. The number of nitrogens with one attached hydrogen (secondary N) is 2. The van der Waals surface area contributed by atoms with Crippen molar-refractivity contribution in [1.29, 1.82) is 0 Å². The molecule has 0 aromatic rings. The van der Waals surface area contributed by atoms with Crippen LogP contribution in [-0.2, 0) is 23.9 Å². The summed E-state index contributed by atoms with van der Waals surface area (Å²) in [5.74, 6) is -0.734. The minimum absolute atomic E-state index is 0.163. The number of aliphatic hydroxyl groups excluding tert-OH is 1. The zero-order valence-electron chi connectivity index (χ0n) is 12.5. The maximum absolute atomic E-state index is 12.0. The molecule has 0 aliphatic carbocycles. The highest BCUT2D eigenvalue weighted by molar-refractivity contribution is 5.85. The van der Waals surface area contributed by atoms with Gasteiger partial charge in [0.25, 0.3) is 0 Å². The van der Waals surface area contributed by atoms with Crippen molar-refractivity contribution in [3.05, 3.63) is 0 Å². The molecule has 0 fully saturated rings. The Hall–Kier alpha value is -1.59. The number of hydrogen-bond donors (Lipinski definition) is 4. The molecule has 0 rings (SSSR count). The number of ether oxygens (including phenoxy) is 2. The van der Waals surface area contributed by atoms with Crippen LogP contribution in [0.5, 0.6) is 0 Å². The second-order valence-corrected chi connectivity index (χ2v) is 4.07. The Morgan fingerprint density at radius 2 is 1.91 bits per heavy atom. The van der Waals surface area contributed by atoms with Gasteiger partial charge in [-0.15, -0.1) is 0 Å². The first-order valence-corrected chi connectivity index (χ1v) is 6.81. The monoisotopic (exact) mass is 320 g/mol. The lowest BCUT2D eigenvalue weighted by Gasteiger charge is -2.22. The number of aldehydes is 1. The molecule has 0 bridgehead atoms. The Balaban J connectivity index is 4.08. The molecular weight excluding hydrogens is 296 g/mol. The Bertz CT molecular complexity index is 329. The molecule has 0 aromatic heterocycles. The van der Waals surface area contributed by atoms with E-state index >= 15 is 0 Å². The van der Waals surface area contributed by atoms with Crippen molar-refractivity contribution in [3.8, 4) is 0 Å². The van der Waals surface area contributed by atoms with E-state index in [1.54, 1.807) is 0 Å². The lowest BCUT2D eigenvalue weighted by molar-refractivity contribution is -0.134. The van der Waals surface area contributed by atoms with E-state index in [1.165, 1.54) is 4.90 Å². The van der Waals surface area contributed by atoms with Gasteiger partial charge in [-0.05, 0) is 0 Å². The molecule has 10 heteroatoms. The molecule has 0 aliphatic heterocycles. The van der Waals surface area contributed by atoms with Crippen molar-refractivity contribution in [2.24, 2.45) is 5.73 Å². The molecule has 2 amide bonds. The largest absolute Gasteiger partial charge is 0.371 e. The number of nitrogens with two attached hydrogens (primary N) is 1. The predicted octanol–water partition coefficient (Wildman–Crippen LogP) is -3.38. The minimum atomic E-state index is -0.432. The van der Waals surface area contributed by atoms with Crippen molar-refractivity contribution >= 4 is 18.1 Å². The first kappa shape index (κ1) is 20.4. The average molecular weight is 320 g/mol. The van der Waals surface area contributed by atoms with Crippen molar-refractivity contribution in [2.45, 2.75) is 0 Å². The lowest BCUT2D eigenvalue weighted by atomic mass is 10.4. The van der Waals surface area contributed by atoms with Gasteiger partial charge in [0, 0.05) is 13.1 Å². The molecule has 0 radical (unpaired) electrons. The van der Waals surface area contributed by atoms with Gasteiger partial charge < -0.3 is 35.3 Å². The van der Waals surface area contributed by atoms with E-state index in [2.05, 4.69) is 10.6 Å². The molecule has 0 aromatic carbocycles. The molecule has 0 spiro atoms. The van der Waals surface area contributed by atoms with Crippen LogP contribution in [0.4, 0.5) is 0 Å². The topological polar surface area (TPSA) is 143 Å². The second kappa shape index (κ2) is 14.4. The smallest absolute Gasteiger partial charge is 0.242 e. The quantitative estimate of drug-likeness (QED) is 0.147. The van der Waals surface area contributed by atoms with Crippen molar-refractivity contribution < 1.29 is 29.0 Å². The Morgan fingerprint density at radius 3 is 2.50 bits per heavy atom. The molecule has 128 valence electrons. The Labute approximate surface area is 128 Å². The number of aliphatic hydroxyl groups is 1. The fourth-order valence-electron chi connectivity index (χ4n) is 1.40. The van der Waals surface area contributed by atoms with Gasteiger partial charge in [-0.25, -0.2) is 0 Å². The van der Waals surface area contributed by atoms with Crippen molar-refractivity contribution in [1.82, 2.24) is 15.5 Å². The third kappa shape index (κ3) is 11.1. The van der Waals surface area contributed by atoms with Crippen LogP contribution in [0, 0.1) is 0 Å². The highest BCUT2D eigenvalue weighted by atomic mass is 16.6. The van der Waals surface area contributed by atoms with Crippen LogP contribution in [0.2, 0.25) is 0 Å². The molecule has 0 saturated heterocycles. The highest BCUT2D eigenvalue weighted by Crippen LogP contribution is 1.91. The number of carbonyl (C=O) groups excluding carboxylic acids is 3. The average Bonchev–Trinajstić information content (AvgIpc) is 2.53. The van der Waals surface area contributed by atoms with Gasteiger partial charge in [0.1, 0.15) is 13.1 Å². The van der Waals surface area contributed by atoms with Crippen LogP contribution in [0.3, 0.4) is 0 Å². The molecule has 0 unspecified atom stereocenters. The molecule has 0 saturated carbocycles. The normalized spacial score (nSPS) is 10.3. The third-order valence-corrected chi connectivity index (χ3v) is 2.51. The Morgan fingerprint density at radius 1 is 1.23 bits per heavy atom. The molecule has 0 heterocycles. The first-order valence-electron chi connectivity index (χ1n) is 6.81. The van der Waals surface area contributed by atoms with Crippen LogP contribution in [-0.4, -0.2) is 87.6 Å². The van der Waals surface area contributed by atoms with Gasteiger partial charge in [-0.2, -0.15) is 0 Å². The van der Waals surface area contributed by atoms with E-state index in [1.807, 2.05) is 0 Å². The van der Waals surface area contributed by atoms with E-state index in [-0.39, 0.29) is 58.6 Å². The number of rotatable bonds is 14. The minimum Gasteiger partial charge on any atom is -0.371 e. The van der Waals surface area contributed by atoms with Gasteiger partial charge in [0.05, 0.1) is 39.6 Å². The molecular formula is C12H24N4O6. The van der Waals surface area contributed by atoms with Crippen LogP contribution in [0.1, 0.15) is 0 Å². The standard InChI is InChI=1S/C12H24N4O6/c13-7-11(19)15-8-12(20)16(3-6-22-10-18)2-5-21-9-14-1-4-17/h4,14,18H,1-3,5-10,13H2,(H,15,19). The third-order valence-electron chi connectivity index (χ3n) is 2.51. The molecule has 22 heavy (non-hydrogen) atoms. The summed E-state index contributed by atoms with van der Waals surface area (Å²) in [6, 6.07) is 0. The number of hydrogen-bond acceptors (Lipinski definition) is 8. The maximum Gasteiger partial charge on any atom is 0.242 e. The molecule has 5 N–H and O–H groups in total. The lowest BCUT2D eigenvalue weighted by Crippen LogP contribution is -2.44. The van der Waals surface area contributed by atoms with Gasteiger partial charge in [0.15, 0.2) is 0 Å². The molecule has 0 aliphatic rings. The number of nitrogens with zero attached hydrogens (tertiary/aromatic N) is 1. The van der Waals surface area contributed by atoms with Crippen LogP contribution < -0.4 is 16.4 Å². The summed E-state index contributed by atoms with van der Waals surface area (Å²) in [4.78, 5) is 34.5. The fraction of sp³-hybridized carbons (Fsp3) is 0.750. The van der Waals surface area contributed by atoms with E-state index in [0.29, 0.717) is 6.29 Å². The van der Waals surface area contributed by atoms with Gasteiger partial charge in [-0.3, -0.25) is 14.9 Å². The van der Waals surface area contributed by atoms with Gasteiger partial charge >= 0.3 is 0 Å². The SMILES string of the molecule is NCC(=O)NCC(=O)N(CCOCO)CCOCNCC=O. The van der Waals surface area contributed by atoms with Crippen molar-refractivity contribution in [3.63, 3.8) is 0 Å².